The first-order valence-electron chi connectivity index (χ1n) is 12.3. The Bertz CT molecular complexity index is 637. The number of amides is 2. The van der Waals surface area contributed by atoms with Gasteiger partial charge in [-0.2, -0.15) is 0 Å². The van der Waals surface area contributed by atoms with E-state index in [0.29, 0.717) is 25.8 Å². The largest absolute Gasteiger partial charge is 0.446 e. The summed E-state index contributed by atoms with van der Waals surface area (Å²) in [4.78, 5) is 27.3. The number of fused-ring (bicyclic) bond motifs is 1. The first-order chi connectivity index (χ1) is 14.8. The Morgan fingerprint density at radius 3 is 2.48 bits per heavy atom. The summed E-state index contributed by atoms with van der Waals surface area (Å²) < 4.78 is 5.78. The van der Waals surface area contributed by atoms with E-state index < -0.39 is 17.6 Å². The number of carbonyl (C=O) groups is 2. The second kappa shape index (κ2) is 10.1. The van der Waals surface area contributed by atoms with Gasteiger partial charge in [-0.05, 0) is 68.6 Å². The van der Waals surface area contributed by atoms with Crippen LogP contribution in [0.3, 0.4) is 0 Å². The Labute approximate surface area is 186 Å². The molecular weight excluding hydrogens is 396 g/mol. The summed E-state index contributed by atoms with van der Waals surface area (Å²) >= 11 is 0. The average molecular weight is 439 g/mol. The molecule has 31 heavy (non-hydrogen) atoms. The van der Waals surface area contributed by atoms with Gasteiger partial charge in [-0.1, -0.05) is 20.8 Å². The maximum absolute atomic E-state index is 13.1. The number of likely N-dealkylation sites (tertiary alicyclic amines) is 1. The predicted molar refractivity (Wildman–Crippen MR) is 118 cm³/mol. The number of nitrogens with one attached hydrogen (secondary N) is 1. The Balaban J connectivity index is 1.77. The number of ether oxygens (including phenoxy) is 1. The monoisotopic (exact) mass is 438 g/mol. The van der Waals surface area contributed by atoms with Crippen LogP contribution in [0.25, 0.3) is 0 Å². The molecule has 1 saturated heterocycles. The Morgan fingerprint density at radius 1 is 1.13 bits per heavy atom. The number of aliphatic hydroxyl groups is 2. The number of hydrogen-bond donors (Lipinski definition) is 3. The molecule has 2 amide bonds. The Hall–Kier alpha value is -1.34. The molecule has 7 heteroatoms. The lowest BCUT2D eigenvalue weighted by molar-refractivity contribution is -0.187. The quantitative estimate of drug-likeness (QED) is 0.592. The fraction of sp³-hybridized carbons (Fsp3) is 0.917. The molecule has 3 fully saturated rings. The minimum Gasteiger partial charge on any atom is -0.446 e. The Kier molecular flexibility index (Phi) is 7.90. The average Bonchev–Trinajstić information content (AvgIpc) is 2.77. The van der Waals surface area contributed by atoms with Crippen molar-refractivity contribution in [1.82, 2.24) is 10.2 Å². The van der Waals surface area contributed by atoms with Crippen molar-refractivity contribution >= 4 is 12.0 Å². The fourth-order valence-electron chi connectivity index (χ4n) is 6.64. The molecule has 0 bridgehead atoms. The van der Waals surface area contributed by atoms with Gasteiger partial charge in [0.05, 0.1) is 12.7 Å². The second-order valence-electron chi connectivity index (χ2n) is 10.5. The molecule has 0 aromatic rings. The number of piperidine rings is 1. The van der Waals surface area contributed by atoms with Crippen molar-refractivity contribution in [3.63, 3.8) is 0 Å². The van der Waals surface area contributed by atoms with E-state index in [2.05, 4.69) is 12.2 Å². The first kappa shape index (κ1) is 24.3. The lowest BCUT2D eigenvalue weighted by atomic mass is 9.46. The highest BCUT2D eigenvalue weighted by molar-refractivity contribution is 5.76. The van der Waals surface area contributed by atoms with Crippen LogP contribution < -0.4 is 5.32 Å². The molecular formula is C24H42N2O5. The van der Waals surface area contributed by atoms with Gasteiger partial charge >= 0.3 is 6.09 Å². The predicted octanol–water partition coefficient (Wildman–Crippen LogP) is 3.08. The van der Waals surface area contributed by atoms with Crippen LogP contribution in [0.2, 0.25) is 0 Å². The molecule has 7 nitrogen and oxygen atoms in total. The van der Waals surface area contributed by atoms with Crippen LogP contribution in [0.1, 0.15) is 78.6 Å². The van der Waals surface area contributed by atoms with E-state index in [1.165, 1.54) is 6.42 Å². The molecule has 1 aliphatic heterocycles. The second-order valence-corrected chi connectivity index (χ2v) is 10.5. The number of alkyl carbamates (subject to hydrolysis) is 1. The first-order valence-corrected chi connectivity index (χ1v) is 12.3. The van der Waals surface area contributed by atoms with Crippen LogP contribution in [0, 0.1) is 22.7 Å². The fourth-order valence-corrected chi connectivity index (χ4v) is 6.64. The molecule has 0 aromatic carbocycles. The lowest BCUT2D eigenvalue weighted by Gasteiger charge is -2.60. The van der Waals surface area contributed by atoms with Gasteiger partial charge in [0.1, 0.15) is 6.10 Å². The van der Waals surface area contributed by atoms with Gasteiger partial charge in [0, 0.05) is 31.5 Å². The summed E-state index contributed by atoms with van der Waals surface area (Å²) in [5.74, 6) is 0.0837. The van der Waals surface area contributed by atoms with Gasteiger partial charge in [-0.3, -0.25) is 4.79 Å². The maximum atomic E-state index is 13.1. The van der Waals surface area contributed by atoms with Crippen LogP contribution in [0.4, 0.5) is 4.79 Å². The van der Waals surface area contributed by atoms with E-state index in [9.17, 15) is 19.8 Å². The number of nitrogens with zero attached hydrogens (tertiary/aromatic N) is 1. The van der Waals surface area contributed by atoms with Gasteiger partial charge in [-0.15, -0.1) is 0 Å². The van der Waals surface area contributed by atoms with E-state index in [4.69, 9.17) is 4.74 Å². The van der Waals surface area contributed by atoms with E-state index in [1.54, 1.807) is 0 Å². The summed E-state index contributed by atoms with van der Waals surface area (Å²) in [5, 5.41) is 24.2. The smallest absolute Gasteiger partial charge is 0.407 e. The third kappa shape index (κ3) is 4.87. The van der Waals surface area contributed by atoms with Crippen molar-refractivity contribution in [3.8, 4) is 0 Å². The summed E-state index contributed by atoms with van der Waals surface area (Å²) in [7, 11) is 0. The molecule has 3 aliphatic rings. The number of aliphatic hydroxyl groups excluding tert-OH is 2. The number of hydrogen-bond acceptors (Lipinski definition) is 5. The minimum atomic E-state index is -0.594. The maximum Gasteiger partial charge on any atom is 0.407 e. The summed E-state index contributed by atoms with van der Waals surface area (Å²) in [5.41, 5.74) is -0.872. The topological polar surface area (TPSA) is 99.1 Å². The third-order valence-corrected chi connectivity index (χ3v) is 8.55. The van der Waals surface area contributed by atoms with Gasteiger partial charge in [0.25, 0.3) is 0 Å². The zero-order valence-corrected chi connectivity index (χ0v) is 19.6. The molecule has 3 rings (SSSR count). The van der Waals surface area contributed by atoms with Crippen LogP contribution in [0.5, 0.6) is 0 Å². The third-order valence-electron chi connectivity index (χ3n) is 8.55. The molecule has 6 unspecified atom stereocenters. The zero-order valence-electron chi connectivity index (χ0n) is 19.6. The van der Waals surface area contributed by atoms with Crippen LogP contribution >= 0.6 is 0 Å². The Morgan fingerprint density at radius 2 is 1.84 bits per heavy atom. The van der Waals surface area contributed by atoms with Crippen molar-refractivity contribution in [1.29, 1.82) is 0 Å². The molecule has 1 heterocycles. The minimum absolute atomic E-state index is 0.0743. The van der Waals surface area contributed by atoms with Crippen LogP contribution in [-0.2, 0) is 9.53 Å². The van der Waals surface area contributed by atoms with Crippen LogP contribution in [-0.4, -0.2) is 65.6 Å². The van der Waals surface area contributed by atoms with E-state index in [0.717, 1.165) is 45.2 Å². The molecule has 2 aliphatic carbocycles. The summed E-state index contributed by atoms with van der Waals surface area (Å²) in [6.07, 6.45) is 5.95. The SMILES string of the molecule is CCCNC(=O)OC1CCC2(C)C(CC(=O)N3CCCCC3)C(O)CCC2C1(C)CO. The highest BCUT2D eigenvalue weighted by atomic mass is 16.6. The van der Waals surface area contributed by atoms with Crippen molar-refractivity contribution in [2.24, 2.45) is 22.7 Å². The van der Waals surface area contributed by atoms with Crippen molar-refractivity contribution < 1.29 is 24.5 Å². The van der Waals surface area contributed by atoms with Crippen molar-refractivity contribution in [2.45, 2.75) is 90.8 Å². The summed E-state index contributed by atoms with van der Waals surface area (Å²) in [6.45, 7) is 8.29. The molecule has 3 N–H and O–H groups in total. The lowest BCUT2D eigenvalue weighted by Crippen LogP contribution is -2.61. The highest BCUT2D eigenvalue weighted by Gasteiger charge is 2.60. The van der Waals surface area contributed by atoms with E-state index in [1.807, 2.05) is 18.7 Å². The van der Waals surface area contributed by atoms with Gasteiger partial charge in [-0.25, -0.2) is 4.79 Å². The molecule has 2 saturated carbocycles. The highest BCUT2D eigenvalue weighted by Crippen LogP contribution is 2.61. The molecule has 0 aromatic heterocycles. The van der Waals surface area contributed by atoms with E-state index in [-0.39, 0.29) is 35.9 Å². The summed E-state index contributed by atoms with van der Waals surface area (Å²) in [6, 6.07) is 0. The van der Waals surface area contributed by atoms with Crippen LogP contribution in [0.15, 0.2) is 0 Å². The molecule has 6 atom stereocenters. The standard InChI is InChI=1S/C24H42N2O5/c1-4-12-25-22(30)31-20-10-11-23(2)17(15-21(29)26-13-6-5-7-14-26)18(28)8-9-19(23)24(20,3)16-27/h17-20,27-28H,4-16H2,1-3H3,(H,25,30). The van der Waals surface area contributed by atoms with E-state index >= 15 is 0 Å². The van der Waals surface area contributed by atoms with Gasteiger partial charge < -0.3 is 25.2 Å². The normalized spacial score (nSPS) is 38.3. The number of carbonyl (C=O) groups excluding carboxylic acids is 2. The van der Waals surface area contributed by atoms with Crippen molar-refractivity contribution in [2.75, 3.05) is 26.2 Å². The number of rotatable bonds is 6. The van der Waals surface area contributed by atoms with Crippen molar-refractivity contribution in [3.05, 3.63) is 0 Å². The van der Waals surface area contributed by atoms with Gasteiger partial charge in [0.2, 0.25) is 5.91 Å². The van der Waals surface area contributed by atoms with Gasteiger partial charge in [0.15, 0.2) is 0 Å². The molecule has 0 radical (unpaired) electrons. The molecule has 0 spiro atoms. The zero-order chi connectivity index (χ0) is 22.6. The molecule has 178 valence electrons.